The summed E-state index contributed by atoms with van der Waals surface area (Å²) in [5.41, 5.74) is 29.9. The van der Waals surface area contributed by atoms with E-state index in [1.54, 1.807) is 0 Å². The number of hydrogen-bond donors (Lipinski definition) is 0. The van der Waals surface area contributed by atoms with Gasteiger partial charge < -0.3 is 0 Å². The fraction of sp³-hybridized carbons (Fsp3) is 0.0642. The van der Waals surface area contributed by atoms with Crippen LogP contribution in [0.25, 0.3) is 206 Å². The first-order valence-corrected chi connectivity index (χ1v) is 42.2. The Kier molecular flexibility index (Phi) is 17.7. The van der Waals surface area contributed by atoms with Gasteiger partial charge in [0.05, 0.1) is 113 Å². The quantitative estimate of drug-likeness (QED) is 0.127. The molecule has 0 amide bonds. The van der Waals surface area contributed by atoms with E-state index in [4.69, 9.17) is 44.9 Å². The van der Waals surface area contributed by atoms with Crippen molar-refractivity contribution < 1.29 is 0 Å². The van der Waals surface area contributed by atoms with Gasteiger partial charge in [-0.1, -0.05) is 157 Å². The maximum absolute atomic E-state index is 5.12. The zero-order chi connectivity index (χ0) is 84.4. The maximum Gasteiger partial charge on any atom is 0.146 e. The molecule has 7 aromatic carbocycles. The molecule has 598 valence electrons. The number of para-hydroxylation sites is 1. The van der Waals surface area contributed by atoms with Crippen LogP contribution in [0.5, 0.6) is 0 Å². The predicted molar refractivity (Wildman–Crippen MR) is 508 cm³/mol. The molecule has 25 rings (SSSR count). The van der Waals surface area contributed by atoms with Gasteiger partial charge >= 0.3 is 0 Å². The van der Waals surface area contributed by atoms with Crippen molar-refractivity contribution in [2.45, 2.75) is 47.0 Å². The van der Waals surface area contributed by atoms with Crippen molar-refractivity contribution in [1.29, 1.82) is 0 Å². The Hall–Kier alpha value is -16.7. The first-order valence-electron chi connectivity index (χ1n) is 42.2. The Labute approximate surface area is 723 Å². The van der Waals surface area contributed by atoms with E-state index in [9.17, 15) is 0 Å². The molecule has 1 aliphatic rings. The molecule has 0 atom stereocenters. The third-order valence-corrected chi connectivity index (χ3v) is 24.5. The predicted octanol–water partition coefficient (Wildman–Crippen LogP) is 25.2. The zero-order valence-corrected chi connectivity index (χ0v) is 69.7. The van der Waals surface area contributed by atoms with E-state index in [1.165, 1.54) is 66.1 Å². The second kappa shape index (κ2) is 29.9. The molecular formula is C109H77N17. The first kappa shape index (κ1) is 74.4. The molecule has 17 heterocycles. The summed E-state index contributed by atoms with van der Waals surface area (Å²) < 4.78 is 10.8. The second-order valence-electron chi connectivity index (χ2n) is 32.8. The van der Waals surface area contributed by atoms with E-state index >= 15 is 0 Å². The van der Waals surface area contributed by atoms with Crippen LogP contribution in [0.2, 0.25) is 0 Å². The van der Waals surface area contributed by atoms with Gasteiger partial charge in [0.1, 0.15) is 40.4 Å². The van der Waals surface area contributed by atoms with Crippen LogP contribution in [0.15, 0.2) is 359 Å². The number of aromatic nitrogens is 17. The van der Waals surface area contributed by atoms with Gasteiger partial charge in [-0.15, -0.1) is 0 Å². The molecule has 0 radical (unpaired) electrons. The highest BCUT2D eigenvalue weighted by atomic mass is 15.1. The lowest BCUT2D eigenvalue weighted by molar-refractivity contribution is 0.660. The van der Waals surface area contributed by atoms with Crippen molar-refractivity contribution >= 4 is 109 Å². The number of pyridine rings is 12. The minimum Gasteiger partial charge on any atom is -0.292 e. The molecule has 0 bridgehead atoms. The summed E-state index contributed by atoms with van der Waals surface area (Å²) >= 11 is 0. The Balaban J connectivity index is 0.000000109. The van der Waals surface area contributed by atoms with Crippen LogP contribution in [0.4, 0.5) is 0 Å². The topological polar surface area (TPSA) is 179 Å². The van der Waals surface area contributed by atoms with Gasteiger partial charge in [0.15, 0.2) is 0 Å². The normalized spacial score (nSPS) is 12.3. The van der Waals surface area contributed by atoms with Gasteiger partial charge in [-0.05, 0) is 244 Å². The third-order valence-electron chi connectivity index (χ3n) is 24.5. The molecular weight excluding hydrogens is 1550 g/mol. The lowest BCUT2D eigenvalue weighted by Gasteiger charge is -2.21. The van der Waals surface area contributed by atoms with Crippen molar-refractivity contribution in [3.8, 4) is 97.0 Å². The number of benzene rings is 7. The lowest BCUT2D eigenvalue weighted by Crippen LogP contribution is -2.14. The largest absolute Gasteiger partial charge is 0.292 e. The summed E-state index contributed by atoms with van der Waals surface area (Å²) in [6.07, 6.45) is 13.0. The molecule has 24 aromatic rings. The van der Waals surface area contributed by atoms with E-state index in [-0.39, 0.29) is 5.41 Å². The fourth-order valence-corrected chi connectivity index (χ4v) is 18.6. The van der Waals surface area contributed by atoms with Crippen molar-refractivity contribution in [2.75, 3.05) is 0 Å². The molecule has 17 heteroatoms. The van der Waals surface area contributed by atoms with Gasteiger partial charge in [0, 0.05) is 90.4 Å². The summed E-state index contributed by atoms with van der Waals surface area (Å²) in [6.45, 7) is 13.1. The average Bonchev–Trinajstić information content (AvgIpc) is 1.58. The number of hydrogen-bond acceptors (Lipinski definition) is 12. The van der Waals surface area contributed by atoms with Crippen molar-refractivity contribution in [3.05, 3.63) is 392 Å². The Bertz CT molecular complexity index is 7860. The summed E-state index contributed by atoms with van der Waals surface area (Å²) in [5.74, 6) is 4.10. The standard InChI is InChI=1S/C41H29N5.2C34H24N6/c1-41(2)30-13-5-3-11-27(30)28-23-22-26(25-31(28)41)32-14-7-15-33(43-32)34-16-8-17-35(44-34)36-18-9-21-39(45-36)46-37-19-6-4-12-29(37)40-38(46)20-10-24-42-40;1-21-13-15-29-25(19-21)23-7-5-17-35-33(23)39(29)31-11-3-9-27(37-31)28-10-4-12-32(38-28)40-30-16-14-22(2)20-26(30)24-8-6-18-36-34(24)40;1-21-9-11-29-25(17-21)23-13-15-35-19-31(23)39(29)33-7-3-5-27(37-33)28-6-4-8-34(38-28)40-30-12-10-22(2)18-26(30)24-14-16-36-20-32(24)40/h3-25H,1-2H3;2*3-20H,1-2H3. The average molecular weight is 1620 g/mol. The summed E-state index contributed by atoms with van der Waals surface area (Å²) in [5, 5.41) is 10.4. The van der Waals surface area contributed by atoms with Gasteiger partial charge in [-0.2, -0.15) is 0 Å². The summed E-state index contributed by atoms with van der Waals surface area (Å²) in [4.78, 5) is 58.7. The van der Waals surface area contributed by atoms with Gasteiger partial charge in [0.2, 0.25) is 0 Å². The highest BCUT2D eigenvalue weighted by molar-refractivity contribution is 6.12. The highest BCUT2D eigenvalue weighted by Gasteiger charge is 2.36. The smallest absolute Gasteiger partial charge is 0.146 e. The molecule has 17 aromatic heterocycles. The molecule has 1 aliphatic carbocycles. The van der Waals surface area contributed by atoms with Crippen LogP contribution < -0.4 is 0 Å². The molecule has 0 aliphatic heterocycles. The number of fused-ring (bicyclic) bond motifs is 18. The van der Waals surface area contributed by atoms with Gasteiger partial charge in [-0.25, -0.2) is 44.9 Å². The van der Waals surface area contributed by atoms with Gasteiger partial charge in [-0.3, -0.25) is 37.8 Å². The van der Waals surface area contributed by atoms with E-state index < -0.39 is 0 Å². The van der Waals surface area contributed by atoms with Gasteiger partial charge in [0.25, 0.3) is 0 Å². The molecule has 0 unspecified atom stereocenters. The molecule has 0 N–H and O–H groups in total. The molecule has 0 saturated carbocycles. The SMILES string of the molecule is CC1(C)c2ccccc2-c2ccc(-c3cccc(-c4cccc(-c5cccc(-n6c7ccccc7c7ncccc76)n5)n4)n3)cc21.Cc1ccc2c(c1)c1cccnc1n2-c1cccc(-c2cccc(-n3c4ccc(C)cc4c4cccnc43)n2)n1.Cc1ccc2c(c1)c1ccncc1n2-c1cccc(-c2cccc(-n3c4ccc(C)cc4c4ccncc43)n2)n1. The Morgan fingerprint density at radius 3 is 1.06 bits per heavy atom. The Morgan fingerprint density at radius 1 is 0.222 bits per heavy atom. The van der Waals surface area contributed by atoms with E-state index in [0.717, 1.165) is 174 Å². The van der Waals surface area contributed by atoms with E-state index in [1.807, 2.05) is 183 Å². The fourth-order valence-electron chi connectivity index (χ4n) is 18.6. The number of aryl methyl sites for hydroxylation is 4. The van der Waals surface area contributed by atoms with E-state index in [2.05, 4.69) is 255 Å². The maximum atomic E-state index is 5.12. The molecule has 0 spiro atoms. The zero-order valence-electron chi connectivity index (χ0n) is 69.7. The number of nitrogens with zero attached hydrogens (tertiary/aromatic N) is 17. The lowest BCUT2D eigenvalue weighted by atomic mass is 9.82. The van der Waals surface area contributed by atoms with Crippen LogP contribution in [0.1, 0.15) is 47.2 Å². The minimum atomic E-state index is -0.0628. The second-order valence-corrected chi connectivity index (χ2v) is 32.8. The van der Waals surface area contributed by atoms with Crippen LogP contribution >= 0.6 is 0 Å². The highest BCUT2D eigenvalue weighted by Crippen LogP contribution is 2.50. The van der Waals surface area contributed by atoms with Crippen molar-refractivity contribution in [2.24, 2.45) is 0 Å². The summed E-state index contributed by atoms with van der Waals surface area (Å²) in [6, 6.07) is 109. The first-order chi connectivity index (χ1) is 61.9. The Morgan fingerprint density at radius 2 is 0.571 bits per heavy atom. The molecule has 17 nitrogen and oxygen atoms in total. The monoisotopic (exact) mass is 1620 g/mol. The van der Waals surface area contributed by atoms with Crippen LogP contribution in [0, 0.1) is 27.7 Å². The van der Waals surface area contributed by atoms with Crippen LogP contribution in [-0.2, 0) is 5.41 Å². The van der Waals surface area contributed by atoms with Crippen LogP contribution in [0.3, 0.4) is 0 Å². The van der Waals surface area contributed by atoms with E-state index in [0.29, 0.717) is 0 Å². The van der Waals surface area contributed by atoms with Crippen molar-refractivity contribution in [1.82, 2.24) is 82.6 Å². The molecule has 0 fully saturated rings. The van der Waals surface area contributed by atoms with Crippen LogP contribution in [-0.4, -0.2) is 82.6 Å². The molecule has 126 heavy (non-hydrogen) atoms. The third kappa shape index (κ3) is 12.5. The molecule has 0 saturated heterocycles. The number of rotatable bonds is 10. The van der Waals surface area contributed by atoms with Crippen molar-refractivity contribution in [3.63, 3.8) is 0 Å². The summed E-state index contributed by atoms with van der Waals surface area (Å²) in [7, 11) is 0. The minimum absolute atomic E-state index is 0.0628.